The Bertz CT molecular complexity index is 944. The maximum Gasteiger partial charge on any atom is 0.293 e. The van der Waals surface area contributed by atoms with Gasteiger partial charge in [-0.1, -0.05) is 42.8 Å². The molecule has 1 fully saturated rings. The van der Waals surface area contributed by atoms with Gasteiger partial charge in [-0.25, -0.2) is 0 Å². The number of ether oxygens (including phenoxy) is 2. The predicted octanol–water partition coefficient (Wildman–Crippen LogP) is 5.76. The quantitative estimate of drug-likeness (QED) is 0.497. The number of carbonyl (C=O) groups is 2. The second-order valence-corrected chi connectivity index (χ2v) is 7.75. The van der Waals surface area contributed by atoms with Gasteiger partial charge in [0, 0.05) is 5.02 Å². The summed E-state index contributed by atoms with van der Waals surface area (Å²) in [4.78, 5) is 26.7. The van der Waals surface area contributed by atoms with Crippen LogP contribution >= 0.6 is 23.4 Å². The normalized spacial score (nSPS) is 15.3. The minimum atomic E-state index is -0.329. The molecule has 0 aromatic heterocycles. The van der Waals surface area contributed by atoms with E-state index < -0.39 is 0 Å². The zero-order valence-corrected chi connectivity index (χ0v) is 17.9. The van der Waals surface area contributed by atoms with Crippen molar-refractivity contribution in [2.24, 2.45) is 0 Å². The van der Waals surface area contributed by atoms with Gasteiger partial charge in [-0.05, 0) is 60.5 Å². The molecule has 0 radical (unpaired) electrons. The van der Waals surface area contributed by atoms with Gasteiger partial charge in [-0.3, -0.25) is 14.5 Å². The fourth-order valence-corrected chi connectivity index (χ4v) is 3.83. The van der Waals surface area contributed by atoms with E-state index in [1.165, 1.54) is 4.90 Å². The molecule has 1 saturated heterocycles. The van der Waals surface area contributed by atoms with Crippen molar-refractivity contribution in [1.29, 1.82) is 0 Å². The Morgan fingerprint density at radius 3 is 2.59 bits per heavy atom. The number of carbonyl (C=O) groups excluding carboxylic acids is 2. The van der Waals surface area contributed by atoms with E-state index in [-0.39, 0.29) is 17.7 Å². The first kappa shape index (κ1) is 21.3. The molecule has 1 heterocycles. The minimum absolute atomic E-state index is 0.148. The average Bonchev–Trinajstić information content (AvgIpc) is 2.96. The van der Waals surface area contributed by atoms with Crippen LogP contribution in [0, 0.1) is 0 Å². The topological polar surface area (TPSA) is 55.8 Å². The summed E-state index contributed by atoms with van der Waals surface area (Å²) in [7, 11) is 0. The van der Waals surface area contributed by atoms with E-state index >= 15 is 0 Å². The van der Waals surface area contributed by atoms with Gasteiger partial charge in [0.15, 0.2) is 11.5 Å². The maximum atomic E-state index is 12.8. The van der Waals surface area contributed by atoms with Gasteiger partial charge in [0.05, 0.1) is 24.7 Å². The summed E-state index contributed by atoms with van der Waals surface area (Å²) in [5.74, 6) is 0.951. The number of imide groups is 1. The van der Waals surface area contributed by atoms with Gasteiger partial charge >= 0.3 is 0 Å². The summed E-state index contributed by atoms with van der Waals surface area (Å²) in [5.41, 5.74) is 1.49. The molecule has 3 rings (SSSR count). The standard InChI is InChI=1S/C22H22ClNO4S/c1-3-11-28-18-10-9-15(12-19(18)27-4-2)13-20-21(25)24(22(26)29-20)14-16-7-5-6-8-17(16)23/h5-10,12-13H,3-4,11,14H2,1-2H3/b20-13-. The van der Waals surface area contributed by atoms with Gasteiger partial charge in [0.25, 0.3) is 11.1 Å². The third kappa shape index (κ3) is 5.14. The molecule has 0 unspecified atom stereocenters. The molecule has 0 aliphatic carbocycles. The molecule has 1 aliphatic rings. The summed E-state index contributed by atoms with van der Waals surface area (Å²) >= 11 is 7.09. The molecule has 0 saturated carbocycles. The maximum absolute atomic E-state index is 12.8. The van der Waals surface area contributed by atoms with Crippen molar-refractivity contribution in [3.63, 3.8) is 0 Å². The number of hydrogen-bond donors (Lipinski definition) is 0. The Balaban J connectivity index is 1.81. The second kappa shape index (κ2) is 9.85. The first-order chi connectivity index (χ1) is 14.0. The lowest BCUT2D eigenvalue weighted by Crippen LogP contribution is -2.27. The zero-order chi connectivity index (χ0) is 20.8. The molecule has 0 atom stereocenters. The Labute approximate surface area is 179 Å². The van der Waals surface area contributed by atoms with Crippen LogP contribution in [0.25, 0.3) is 6.08 Å². The molecule has 7 heteroatoms. The van der Waals surface area contributed by atoms with E-state index in [4.69, 9.17) is 21.1 Å². The van der Waals surface area contributed by atoms with Crippen LogP contribution in [0.2, 0.25) is 5.02 Å². The van der Waals surface area contributed by atoms with Crippen molar-refractivity contribution in [3.05, 3.63) is 63.5 Å². The molecule has 1 aliphatic heterocycles. The van der Waals surface area contributed by atoms with Crippen molar-refractivity contribution in [2.75, 3.05) is 13.2 Å². The van der Waals surface area contributed by atoms with Crippen molar-refractivity contribution < 1.29 is 19.1 Å². The number of amides is 2. The Kier molecular flexibility index (Phi) is 7.23. The summed E-state index contributed by atoms with van der Waals surface area (Å²) in [6, 6.07) is 12.7. The van der Waals surface area contributed by atoms with E-state index in [1.807, 2.05) is 44.2 Å². The number of halogens is 1. The van der Waals surface area contributed by atoms with Crippen LogP contribution in [0.3, 0.4) is 0 Å². The highest BCUT2D eigenvalue weighted by molar-refractivity contribution is 8.18. The first-order valence-electron chi connectivity index (χ1n) is 9.42. The van der Waals surface area contributed by atoms with Gasteiger partial charge in [0.1, 0.15) is 0 Å². The monoisotopic (exact) mass is 431 g/mol. The molecule has 2 aromatic rings. The molecule has 0 spiro atoms. The summed E-state index contributed by atoms with van der Waals surface area (Å²) in [5, 5.41) is 0.216. The van der Waals surface area contributed by atoms with E-state index in [9.17, 15) is 9.59 Å². The lowest BCUT2D eigenvalue weighted by molar-refractivity contribution is -0.123. The highest BCUT2D eigenvalue weighted by Gasteiger charge is 2.35. The molecular formula is C22H22ClNO4S. The van der Waals surface area contributed by atoms with Crippen molar-refractivity contribution in [3.8, 4) is 11.5 Å². The Morgan fingerprint density at radius 2 is 1.86 bits per heavy atom. The van der Waals surface area contributed by atoms with Crippen LogP contribution in [0.5, 0.6) is 11.5 Å². The van der Waals surface area contributed by atoms with E-state index in [2.05, 4.69) is 0 Å². The molecule has 0 N–H and O–H groups in total. The zero-order valence-electron chi connectivity index (χ0n) is 16.3. The SMILES string of the molecule is CCCOc1ccc(/C=C2\SC(=O)N(Cc3ccccc3Cl)C2=O)cc1OCC. The van der Waals surface area contributed by atoms with Gasteiger partial charge in [0.2, 0.25) is 0 Å². The van der Waals surface area contributed by atoms with Gasteiger partial charge in [-0.2, -0.15) is 0 Å². The van der Waals surface area contributed by atoms with Crippen LogP contribution in [-0.4, -0.2) is 29.3 Å². The summed E-state index contributed by atoms with van der Waals surface area (Å²) in [6.45, 7) is 5.18. The lowest BCUT2D eigenvalue weighted by atomic mass is 10.1. The van der Waals surface area contributed by atoms with Crippen LogP contribution in [0.1, 0.15) is 31.4 Å². The molecule has 5 nitrogen and oxygen atoms in total. The highest BCUT2D eigenvalue weighted by Crippen LogP contribution is 2.36. The number of benzene rings is 2. The van der Waals surface area contributed by atoms with Gasteiger partial charge in [-0.15, -0.1) is 0 Å². The molecule has 0 bridgehead atoms. The third-order valence-corrected chi connectivity index (χ3v) is 5.46. The van der Waals surface area contributed by atoms with E-state index in [0.717, 1.165) is 29.3 Å². The summed E-state index contributed by atoms with van der Waals surface area (Å²) in [6.07, 6.45) is 2.59. The van der Waals surface area contributed by atoms with Crippen molar-refractivity contribution in [2.45, 2.75) is 26.8 Å². The highest BCUT2D eigenvalue weighted by atomic mass is 35.5. The Hall–Kier alpha value is -2.44. The van der Waals surface area contributed by atoms with Crippen molar-refractivity contribution >= 4 is 40.6 Å². The smallest absolute Gasteiger partial charge is 0.293 e. The number of thioether (sulfide) groups is 1. The largest absolute Gasteiger partial charge is 0.490 e. The van der Waals surface area contributed by atoms with Crippen LogP contribution in [0.15, 0.2) is 47.4 Å². The fourth-order valence-electron chi connectivity index (χ4n) is 2.80. The second-order valence-electron chi connectivity index (χ2n) is 6.35. The van der Waals surface area contributed by atoms with Gasteiger partial charge < -0.3 is 9.47 Å². The number of nitrogens with zero attached hydrogens (tertiary/aromatic N) is 1. The summed E-state index contributed by atoms with van der Waals surface area (Å²) < 4.78 is 11.4. The van der Waals surface area contributed by atoms with Crippen LogP contribution < -0.4 is 9.47 Å². The minimum Gasteiger partial charge on any atom is -0.490 e. The molecule has 152 valence electrons. The fraction of sp³-hybridized carbons (Fsp3) is 0.273. The Morgan fingerprint density at radius 1 is 1.07 bits per heavy atom. The molecular weight excluding hydrogens is 410 g/mol. The molecule has 2 aromatic carbocycles. The molecule has 29 heavy (non-hydrogen) atoms. The van der Waals surface area contributed by atoms with E-state index in [0.29, 0.717) is 34.6 Å². The molecule has 2 amide bonds. The average molecular weight is 432 g/mol. The lowest BCUT2D eigenvalue weighted by Gasteiger charge is -2.13. The van der Waals surface area contributed by atoms with Crippen LogP contribution in [0.4, 0.5) is 4.79 Å². The number of rotatable bonds is 8. The third-order valence-electron chi connectivity index (χ3n) is 4.19. The van der Waals surface area contributed by atoms with Crippen LogP contribution in [-0.2, 0) is 11.3 Å². The predicted molar refractivity (Wildman–Crippen MR) is 116 cm³/mol. The van der Waals surface area contributed by atoms with Crippen molar-refractivity contribution in [1.82, 2.24) is 4.90 Å². The number of hydrogen-bond acceptors (Lipinski definition) is 5. The first-order valence-corrected chi connectivity index (χ1v) is 10.6. The van der Waals surface area contributed by atoms with E-state index in [1.54, 1.807) is 18.2 Å².